The first-order chi connectivity index (χ1) is 10.7. The van der Waals surface area contributed by atoms with E-state index in [1.165, 1.54) is 0 Å². The Balaban J connectivity index is 1.57. The van der Waals surface area contributed by atoms with E-state index < -0.39 is 0 Å². The molecule has 7 heteroatoms. The summed E-state index contributed by atoms with van der Waals surface area (Å²) in [6, 6.07) is 3.33. The topological polar surface area (TPSA) is 81.3 Å². The van der Waals surface area contributed by atoms with Crippen molar-refractivity contribution in [2.45, 2.75) is 31.5 Å². The second-order valence-corrected chi connectivity index (χ2v) is 5.39. The lowest BCUT2D eigenvalue weighted by Gasteiger charge is -2.31. The van der Waals surface area contributed by atoms with E-state index in [4.69, 9.17) is 9.15 Å². The summed E-state index contributed by atoms with van der Waals surface area (Å²) in [5.41, 5.74) is 0.985. The molecule has 22 heavy (non-hydrogen) atoms. The van der Waals surface area contributed by atoms with Gasteiger partial charge in [-0.2, -0.15) is 5.10 Å². The van der Waals surface area contributed by atoms with E-state index in [1.54, 1.807) is 23.2 Å². The third-order valence-corrected chi connectivity index (χ3v) is 3.70. The number of nitrogens with one attached hydrogen (secondary N) is 2. The zero-order chi connectivity index (χ0) is 15.4. The van der Waals surface area contributed by atoms with Gasteiger partial charge in [0.2, 0.25) is 0 Å². The summed E-state index contributed by atoms with van der Waals surface area (Å²) < 4.78 is 12.8. The minimum Gasteiger partial charge on any atom is -0.467 e. The molecule has 0 saturated carbocycles. The largest absolute Gasteiger partial charge is 0.467 e. The van der Waals surface area contributed by atoms with Gasteiger partial charge in [0.25, 0.3) is 0 Å². The molecule has 1 aliphatic rings. The van der Waals surface area contributed by atoms with Gasteiger partial charge in [-0.05, 0) is 25.0 Å². The van der Waals surface area contributed by atoms with Crippen LogP contribution in [0.15, 0.2) is 35.2 Å². The van der Waals surface area contributed by atoms with E-state index in [2.05, 4.69) is 15.7 Å². The van der Waals surface area contributed by atoms with Crippen LogP contribution in [0.2, 0.25) is 0 Å². The molecule has 2 amide bonds. The molecular weight excluding hydrogens is 284 g/mol. The lowest BCUT2D eigenvalue weighted by Crippen LogP contribution is -2.46. The molecule has 2 atom stereocenters. The highest BCUT2D eigenvalue weighted by molar-refractivity contribution is 5.74. The molecule has 0 bridgehead atoms. The molecule has 0 aromatic carbocycles. The van der Waals surface area contributed by atoms with Gasteiger partial charge in [-0.1, -0.05) is 0 Å². The van der Waals surface area contributed by atoms with Crippen molar-refractivity contribution >= 4 is 6.03 Å². The van der Waals surface area contributed by atoms with Gasteiger partial charge in [0.05, 0.1) is 25.0 Å². The van der Waals surface area contributed by atoms with Gasteiger partial charge in [-0.15, -0.1) is 0 Å². The number of carbonyl (C=O) groups is 1. The molecule has 2 aromatic rings. The Morgan fingerprint density at radius 1 is 1.55 bits per heavy atom. The number of aromatic nitrogens is 2. The number of furan rings is 1. The van der Waals surface area contributed by atoms with E-state index in [0.717, 1.165) is 24.2 Å². The summed E-state index contributed by atoms with van der Waals surface area (Å²) in [6.07, 6.45) is 6.95. The van der Waals surface area contributed by atoms with E-state index in [9.17, 15) is 4.79 Å². The van der Waals surface area contributed by atoms with Crippen LogP contribution in [-0.2, 0) is 18.3 Å². The highest BCUT2D eigenvalue weighted by atomic mass is 16.5. The van der Waals surface area contributed by atoms with Gasteiger partial charge in [-0.3, -0.25) is 4.68 Å². The van der Waals surface area contributed by atoms with Crippen LogP contribution in [0.4, 0.5) is 4.79 Å². The second-order valence-electron chi connectivity index (χ2n) is 5.39. The highest BCUT2D eigenvalue weighted by Crippen LogP contribution is 2.27. The van der Waals surface area contributed by atoms with Crippen LogP contribution in [0.5, 0.6) is 0 Å². The molecule has 3 rings (SSSR count). The lowest BCUT2D eigenvalue weighted by atomic mass is 9.98. The number of nitrogens with zero attached hydrogens (tertiary/aromatic N) is 2. The van der Waals surface area contributed by atoms with E-state index >= 15 is 0 Å². The Kier molecular flexibility index (Phi) is 4.43. The van der Waals surface area contributed by atoms with Gasteiger partial charge < -0.3 is 19.8 Å². The van der Waals surface area contributed by atoms with Gasteiger partial charge in [0, 0.05) is 25.4 Å². The van der Waals surface area contributed by atoms with Crippen molar-refractivity contribution in [3.05, 3.63) is 42.1 Å². The molecule has 1 aliphatic heterocycles. The molecule has 3 heterocycles. The number of hydrogen-bond acceptors (Lipinski definition) is 4. The van der Waals surface area contributed by atoms with Gasteiger partial charge in [0.1, 0.15) is 11.9 Å². The van der Waals surface area contributed by atoms with Gasteiger partial charge in [-0.25, -0.2) is 4.79 Å². The number of hydrogen-bond donors (Lipinski definition) is 2. The fraction of sp³-hybridized carbons (Fsp3) is 0.467. The van der Waals surface area contributed by atoms with E-state index in [-0.39, 0.29) is 18.2 Å². The molecule has 0 aliphatic carbocycles. The van der Waals surface area contributed by atoms with Gasteiger partial charge >= 0.3 is 6.03 Å². The van der Waals surface area contributed by atoms with Crippen molar-refractivity contribution in [1.82, 2.24) is 20.4 Å². The fourth-order valence-corrected chi connectivity index (χ4v) is 2.64. The monoisotopic (exact) mass is 304 g/mol. The molecular formula is C15H20N4O3. The number of urea groups is 1. The summed E-state index contributed by atoms with van der Waals surface area (Å²) in [7, 11) is 1.87. The Bertz CT molecular complexity index is 608. The Hall–Kier alpha value is -2.28. The summed E-state index contributed by atoms with van der Waals surface area (Å²) in [5.74, 6) is 0.721. The minimum atomic E-state index is -0.221. The normalized spacial score (nSPS) is 21.5. The Labute approximate surface area is 128 Å². The SMILES string of the molecule is Cn1cc([C@H]2OCCC[C@@H]2NC(=O)NCc2ccco2)cn1. The van der Waals surface area contributed by atoms with E-state index in [1.807, 2.05) is 19.3 Å². The van der Waals surface area contributed by atoms with Crippen LogP contribution in [0.3, 0.4) is 0 Å². The van der Waals surface area contributed by atoms with Crippen molar-refractivity contribution in [2.24, 2.45) is 7.05 Å². The molecule has 118 valence electrons. The summed E-state index contributed by atoms with van der Waals surface area (Å²) in [6.45, 7) is 1.07. The minimum absolute atomic E-state index is 0.0606. The Morgan fingerprint density at radius 3 is 3.18 bits per heavy atom. The number of rotatable bonds is 4. The molecule has 7 nitrogen and oxygen atoms in total. The van der Waals surface area contributed by atoms with Crippen LogP contribution >= 0.6 is 0 Å². The number of carbonyl (C=O) groups excluding carboxylic acids is 1. The lowest BCUT2D eigenvalue weighted by molar-refractivity contribution is -0.00748. The molecule has 1 fully saturated rings. The predicted octanol–water partition coefficient (Wildman–Crippen LogP) is 1.73. The number of ether oxygens (including phenoxy) is 1. The first kappa shape index (κ1) is 14.6. The quantitative estimate of drug-likeness (QED) is 0.901. The number of aryl methyl sites for hydroxylation is 1. The second kappa shape index (κ2) is 6.65. The third-order valence-electron chi connectivity index (χ3n) is 3.70. The van der Waals surface area contributed by atoms with Gasteiger partial charge in [0.15, 0.2) is 0 Å². The first-order valence-electron chi connectivity index (χ1n) is 7.39. The third kappa shape index (κ3) is 3.48. The fourth-order valence-electron chi connectivity index (χ4n) is 2.64. The summed E-state index contributed by atoms with van der Waals surface area (Å²) in [4.78, 5) is 12.0. The molecule has 0 unspecified atom stereocenters. The van der Waals surface area contributed by atoms with Crippen molar-refractivity contribution in [3.8, 4) is 0 Å². The highest BCUT2D eigenvalue weighted by Gasteiger charge is 2.29. The zero-order valence-corrected chi connectivity index (χ0v) is 12.5. The average Bonchev–Trinajstić information content (AvgIpc) is 3.17. The molecule has 0 spiro atoms. The maximum Gasteiger partial charge on any atom is 0.315 e. The first-order valence-corrected chi connectivity index (χ1v) is 7.39. The van der Waals surface area contributed by atoms with Crippen LogP contribution < -0.4 is 10.6 Å². The molecule has 2 N–H and O–H groups in total. The zero-order valence-electron chi connectivity index (χ0n) is 12.5. The standard InChI is InChI=1S/C15H20N4O3/c1-19-10-11(8-17-19)14-13(5-3-7-22-14)18-15(20)16-9-12-4-2-6-21-12/h2,4,6,8,10,13-14H,3,5,7,9H2,1H3,(H2,16,18,20)/t13-,14+/m0/s1. The number of amides is 2. The van der Waals surface area contributed by atoms with Crippen molar-refractivity contribution in [1.29, 1.82) is 0 Å². The summed E-state index contributed by atoms with van der Waals surface area (Å²) in [5, 5.41) is 9.95. The Morgan fingerprint density at radius 2 is 2.45 bits per heavy atom. The van der Waals surface area contributed by atoms with Crippen molar-refractivity contribution in [2.75, 3.05) is 6.61 Å². The summed E-state index contributed by atoms with van der Waals surface area (Å²) >= 11 is 0. The van der Waals surface area contributed by atoms with Crippen LogP contribution in [-0.4, -0.2) is 28.5 Å². The van der Waals surface area contributed by atoms with Crippen LogP contribution in [0, 0.1) is 0 Å². The maximum atomic E-state index is 12.0. The van der Waals surface area contributed by atoms with Crippen molar-refractivity contribution in [3.63, 3.8) is 0 Å². The van der Waals surface area contributed by atoms with Crippen LogP contribution in [0.1, 0.15) is 30.3 Å². The molecule has 1 saturated heterocycles. The average molecular weight is 304 g/mol. The predicted molar refractivity (Wildman–Crippen MR) is 79.0 cm³/mol. The maximum absolute atomic E-state index is 12.0. The van der Waals surface area contributed by atoms with E-state index in [0.29, 0.717) is 13.2 Å². The van der Waals surface area contributed by atoms with Crippen molar-refractivity contribution < 1.29 is 13.9 Å². The van der Waals surface area contributed by atoms with Crippen LogP contribution in [0.25, 0.3) is 0 Å². The smallest absolute Gasteiger partial charge is 0.315 e. The molecule has 0 radical (unpaired) electrons. The molecule has 2 aromatic heterocycles.